The number of carbonyl (C=O) groups is 1. The van der Waals surface area contributed by atoms with Gasteiger partial charge in [0.05, 0.1) is 6.54 Å². The highest BCUT2D eigenvalue weighted by atomic mass is 35.5. The molecule has 1 aromatic heterocycles. The molecule has 2 heterocycles. The number of hydrogen-bond acceptors (Lipinski definition) is 3. The Balaban J connectivity index is 2.41. The van der Waals surface area contributed by atoms with Crippen molar-refractivity contribution in [3.63, 3.8) is 0 Å². The van der Waals surface area contributed by atoms with Gasteiger partial charge in [-0.15, -0.1) is 0 Å². The van der Waals surface area contributed by atoms with Gasteiger partial charge in [0.2, 0.25) is 5.28 Å². The van der Waals surface area contributed by atoms with Gasteiger partial charge in [-0.25, -0.2) is 9.97 Å². The van der Waals surface area contributed by atoms with Crippen LogP contribution in [0.3, 0.4) is 0 Å². The highest BCUT2D eigenvalue weighted by molar-refractivity contribution is 6.28. The minimum absolute atomic E-state index is 0.0562. The van der Waals surface area contributed by atoms with Crippen LogP contribution in [0.25, 0.3) is 0 Å². The molecule has 0 saturated heterocycles. The maximum atomic E-state index is 11.8. The van der Waals surface area contributed by atoms with Crippen molar-refractivity contribution in [3.8, 4) is 0 Å². The highest BCUT2D eigenvalue weighted by Crippen LogP contribution is 2.22. The molecular weight excluding hydrogens is 202 g/mol. The van der Waals surface area contributed by atoms with Crippen LogP contribution in [0.15, 0.2) is 6.20 Å². The molecule has 1 amide bonds. The molecule has 14 heavy (non-hydrogen) atoms. The van der Waals surface area contributed by atoms with Gasteiger partial charge in [0.1, 0.15) is 5.69 Å². The molecule has 0 aliphatic carbocycles. The second kappa shape index (κ2) is 3.20. The van der Waals surface area contributed by atoms with Crippen LogP contribution in [0.4, 0.5) is 0 Å². The number of amides is 1. The van der Waals surface area contributed by atoms with E-state index in [4.69, 9.17) is 11.6 Å². The lowest BCUT2D eigenvalue weighted by Gasteiger charge is -2.19. The first-order valence-electron chi connectivity index (χ1n) is 4.42. The summed E-state index contributed by atoms with van der Waals surface area (Å²) in [5.41, 5.74) is 1.30. The van der Waals surface area contributed by atoms with Crippen LogP contribution >= 0.6 is 11.6 Å². The fraction of sp³-hybridized carbons (Fsp3) is 0.444. The largest absolute Gasteiger partial charge is 0.330 e. The zero-order valence-electron chi connectivity index (χ0n) is 7.99. The quantitative estimate of drug-likeness (QED) is 0.662. The number of hydrogen-bond donors (Lipinski definition) is 0. The zero-order chi connectivity index (χ0) is 10.3. The Morgan fingerprint density at radius 3 is 2.93 bits per heavy atom. The van der Waals surface area contributed by atoms with Crippen LogP contribution in [-0.4, -0.2) is 26.8 Å². The van der Waals surface area contributed by atoms with Gasteiger partial charge >= 0.3 is 0 Å². The van der Waals surface area contributed by atoms with E-state index in [0.29, 0.717) is 12.2 Å². The third kappa shape index (κ3) is 1.35. The number of halogens is 1. The Hall–Kier alpha value is -1.16. The zero-order valence-corrected chi connectivity index (χ0v) is 8.75. The molecule has 0 N–H and O–H groups in total. The van der Waals surface area contributed by atoms with Crippen molar-refractivity contribution < 1.29 is 4.79 Å². The molecule has 74 valence electrons. The number of fused-ring (bicyclic) bond motifs is 1. The number of rotatable bonds is 1. The first kappa shape index (κ1) is 9.40. The predicted molar refractivity (Wildman–Crippen MR) is 52.1 cm³/mol. The van der Waals surface area contributed by atoms with Gasteiger partial charge in [0.15, 0.2) is 0 Å². The fourth-order valence-corrected chi connectivity index (χ4v) is 1.63. The van der Waals surface area contributed by atoms with Crippen LogP contribution in [0.2, 0.25) is 5.28 Å². The van der Waals surface area contributed by atoms with Crippen molar-refractivity contribution in [2.75, 3.05) is 0 Å². The van der Waals surface area contributed by atoms with Crippen molar-refractivity contribution >= 4 is 17.5 Å². The van der Waals surface area contributed by atoms with E-state index in [-0.39, 0.29) is 17.2 Å². The number of nitrogens with zero attached hydrogens (tertiary/aromatic N) is 3. The van der Waals surface area contributed by atoms with Gasteiger partial charge in [-0.2, -0.15) is 0 Å². The lowest BCUT2D eigenvalue weighted by atomic mass is 10.3. The summed E-state index contributed by atoms with van der Waals surface area (Å²) in [4.78, 5) is 21.3. The Kier molecular flexibility index (Phi) is 2.15. The van der Waals surface area contributed by atoms with Crippen molar-refractivity contribution in [2.45, 2.75) is 26.4 Å². The Bertz CT molecular complexity index is 392. The van der Waals surface area contributed by atoms with Gasteiger partial charge < -0.3 is 4.90 Å². The molecule has 2 rings (SSSR count). The third-order valence-electron chi connectivity index (χ3n) is 2.26. The van der Waals surface area contributed by atoms with E-state index in [2.05, 4.69) is 9.97 Å². The van der Waals surface area contributed by atoms with E-state index in [0.717, 1.165) is 5.56 Å². The molecule has 0 fully saturated rings. The molecule has 0 aromatic carbocycles. The maximum absolute atomic E-state index is 11.8. The molecule has 4 nitrogen and oxygen atoms in total. The van der Waals surface area contributed by atoms with Gasteiger partial charge in [0, 0.05) is 17.8 Å². The summed E-state index contributed by atoms with van der Waals surface area (Å²) in [7, 11) is 0. The van der Waals surface area contributed by atoms with Crippen molar-refractivity contribution in [3.05, 3.63) is 22.7 Å². The van der Waals surface area contributed by atoms with E-state index >= 15 is 0 Å². The van der Waals surface area contributed by atoms with Gasteiger partial charge in [0.25, 0.3) is 5.91 Å². The Morgan fingerprint density at radius 2 is 2.29 bits per heavy atom. The van der Waals surface area contributed by atoms with Gasteiger partial charge in [-0.1, -0.05) is 0 Å². The van der Waals surface area contributed by atoms with Gasteiger partial charge in [-0.3, -0.25) is 4.79 Å². The Labute approximate surface area is 86.9 Å². The standard InChI is InChI=1S/C9H10ClN3O/c1-5(2)13-4-6-3-11-9(10)12-7(6)8(13)14/h3,5H,4H2,1-2H3. The van der Waals surface area contributed by atoms with Crippen LogP contribution in [0.1, 0.15) is 29.9 Å². The normalized spacial score (nSPS) is 15.1. The van der Waals surface area contributed by atoms with Crippen LogP contribution in [-0.2, 0) is 6.54 Å². The monoisotopic (exact) mass is 211 g/mol. The molecule has 0 radical (unpaired) electrons. The fourth-order valence-electron chi connectivity index (χ4n) is 1.49. The van der Waals surface area contributed by atoms with Gasteiger partial charge in [-0.05, 0) is 25.4 Å². The van der Waals surface area contributed by atoms with E-state index in [1.165, 1.54) is 0 Å². The summed E-state index contributed by atoms with van der Waals surface area (Å²) in [6.45, 7) is 4.53. The lowest BCUT2D eigenvalue weighted by molar-refractivity contribution is 0.0726. The maximum Gasteiger partial charge on any atom is 0.273 e. The number of carbonyl (C=O) groups excluding carboxylic acids is 1. The van der Waals surface area contributed by atoms with E-state index in [1.54, 1.807) is 11.1 Å². The smallest absolute Gasteiger partial charge is 0.273 e. The molecular formula is C9H10ClN3O. The summed E-state index contributed by atoms with van der Waals surface area (Å²) in [6, 6.07) is 0.176. The molecule has 0 unspecified atom stereocenters. The first-order chi connectivity index (χ1) is 6.59. The lowest BCUT2D eigenvalue weighted by Crippen LogP contribution is -2.31. The average molecular weight is 212 g/mol. The summed E-state index contributed by atoms with van der Waals surface area (Å²) >= 11 is 5.62. The second-order valence-corrected chi connectivity index (χ2v) is 3.88. The SMILES string of the molecule is CC(C)N1Cc2cnc(Cl)nc2C1=O. The molecule has 0 saturated carbocycles. The number of aromatic nitrogens is 2. The molecule has 1 aliphatic heterocycles. The molecule has 1 aromatic rings. The molecule has 0 bridgehead atoms. The van der Waals surface area contributed by atoms with E-state index in [1.807, 2.05) is 13.8 Å². The topological polar surface area (TPSA) is 46.1 Å². The molecule has 5 heteroatoms. The third-order valence-corrected chi connectivity index (χ3v) is 2.44. The minimum Gasteiger partial charge on any atom is -0.330 e. The highest BCUT2D eigenvalue weighted by Gasteiger charge is 2.30. The van der Waals surface area contributed by atoms with Crippen molar-refractivity contribution in [2.24, 2.45) is 0 Å². The van der Waals surface area contributed by atoms with Crippen LogP contribution < -0.4 is 0 Å². The predicted octanol–water partition coefficient (Wildman–Crippen LogP) is 1.49. The van der Waals surface area contributed by atoms with Crippen molar-refractivity contribution in [1.29, 1.82) is 0 Å². The molecule has 0 spiro atoms. The Morgan fingerprint density at radius 1 is 1.57 bits per heavy atom. The molecule has 1 aliphatic rings. The second-order valence-electron chi connectivity index (χ2n) is 3.54. The van der Waals surface area contributed by atoms with Crippen LogP contribution in [0, 0.1) is 0 Å². The average Bonchev–Trinajstić information content (AvgIpc) is 2.44. The van der Waals surface area contributed by atoms with E-state index < -0.39 is 0 Å². The summed E-state index contributed by atoms with van der Waals surface area (Å²) < 4.78 is 0. The van der Waals surface area contributed by atoms with Crippen molar-refractivity contribution in [1.82, 2.24) is 14.9 Å². The summed E-state index contributed by atoms with van der Waals surface area (Å²) in [6.07, 6.45) is 1.62. The van der Waals surface area contributed by atoms with E-state index in [9.17, 15) is 4.79 Å². The molecule has 0 atom stereocenters. The minimum atomic E-state index is -0.0562. The van der Waals surface area contributed by atoms with Crippen LogP contribution in [0.5, 0.6) is 0 Å². The first-order valence-corrected chi connectivity index (χ1v) is 4.80. The summed E-state index contributed by atoms with van der Waals surface area (Å²) in [5, 5.41) is 0.128. The summed E-state index contributed by atoms with van der Waals surface area (Å²) in [5.74, 6) is -0.0562.